The van der Waals surface area contributed by atoms with Gasteiger partial charge in [-0.2, -0.15) is 0 Å². The third-order valence-electron chi connectivity index (χ3n) is 4.28. The fourth-order valence-corrected chi connectivity index (χ4v) is 3.06. The topological polar surface area (TPSA) is 93.7 Å². The van der Waals surface area contributed by atoms with Gasteiger partial charge in [0.1, 0.15) is 18.2 Å². The first kappa shape index (κ1) is 18.7. The van der Waals surface area contributed by atoms with E-state index in [1.54, 1.807) is 12.1 Å². The maximum atomic E-state index is 12.6. The standard InChI is InChI=1S/C20H22N2O5/c1-11-7-13(8-12(2)18(11)27-6-5-23)19-21-15-10-17(26-4)16(25-3)9-14(15)20(24)22-19/h7-10,23H,5-6H2,1-4H3,(H,21,22,24). The quantitative estimate of drug-likeness (QED) is 0.693. The van der Waals surface area contributed by atoms with Crippen molar-refractivity contribution >= 4 is 10.9 Å². The number of hydrogen-bond donors (Lipinski definition) is 2. The number of ether oxygens (including phenoxy) is 3. The van der Waals surface area contributed by atoms with E-state index in [0.29, 0.717) is 28.2 Å². The highest BCUT2D eigenvalue weighted by atomic mass is 16.5. The van der Waals surface area contributed by atoms with Crippen molar-refractivity contribution in [3.05, 3.63) is 45.7 Å². The largest absolute Gasteiger partial charge is 0.493 e. The Morgan fingerprint density at radius 1 is 1.04 bits per heavy atom. The summed E-state index contributed by atoms with van der Waals surface area (Å²) in [6, 6.07) is 7.09. The van der Waals surface area contributed by atoms with Crippen LogP contribution in [0.2, 0.25) is 0 Å². The predicted octanol–water partition coefficient (Wildman–Crippen LogP) is 2.60. The van der Waals surface area contributed by atoms with E-state index < -0.39 is 0 Å². The fourth-order valence-electron chi connectivity index (χ4n) is 3.06. The molecule has 0 radical (unpaired) electrons. The summed E-state index contributed by atoms with van der Waals surface area (Å²) in [5, 5.41) is 9.38. The van der Waals surface area contributed by atoms with Gasteiger partial charge >= 0.3 is 0 Å². The molecule has 0 unspecified atom stereocenters. The van der Waals surface area contributed by atoms with E-state index in [2.05, 4.69) is 9.97 Å². The number of aliphatic hydroxyl groups excluding tert-OH is 1. The molecule has 3 aromatic rings. The SMILES string of the molecule is COc1cc2nc(-c3cc(C)c(OCCO)c(C)c3)[nH]c(=O)c2cc1OC. The van der Waals surface area contributed by atoms with Gasteiger partial charge in [-0.1, -0.05) is 0 Å². The third-order valence-corrected chi connectivity index (χ3v) is 4.28. The van der Waals surface area contributed by atoms with Crippen LogP contribution in [-0.2, 0) is 0 Å². The highest BCUT2D eigenvalue weighted by Gasteiger charge is 2.14. The van der Waals surface area contributed by atoms with Crippen LogP contribution in [0, 0.1) is 13.8 Å². The molecule has 7 heteroatoms. The lowest BCUT2D eigenvalue weighted by Crippen LogP contribution is -2.10. The minimum atomic E-state index is -0.258. The van der Waals surface area contributed by atoms with Gasteiger partial charge in [0.05, 0.1) is 31.7 Å². The van der Waals surface area contributed by atoms with Crippen LogP contribution in [0.4, 0.5) is 0 Å². The van der Waals surface area contributed by atoms with Crippen LogP contribution in [0.3, 0.4) is 0 Å². The van der Waals surface area contributed by atoms with E-state index in [1.807, 2.05) is 26.0 Å². The number of H-pyrrole nitrogens is 1. The Hall–Kier alpha value is -3.06. The fraction of sp³-hybridized carbons (Fsp3) is 0.300. The monoisotopic (exact) mass is 370 g/mol. The van der Waals surface area contributed by atoms with Crippen molar-refractivity contribution in [2.75, 3.05) is 27.4 Å². The van der Waals surface area contributed by atoms with Gasteiger partial charge in [0.2, 0.25) is 0 Å². The number of nitrogens with zero attached hydrogens (tertiary/aromatic N) is 1. The molecule has 0 saturated carbocycles. The molecule has 0 bridgehead atoms. The molecular weight excluding hydrogens is 348 g/mol. The lowest BCUT2D eigenvalue weighted by Gasteiger charge is -2.14. The molecule has 3 rings (SSSR count). The molecule has 0 fully saturated rings. The summed E-state index contributed by atoms with van der Waals surface area (Å²) in [5.41, 5.74) is 2.83. The van der Waals surface area contributed by atoms with Crippen LogP contribution in [0.1, 0.15) is 11.1 Å². The van der Waals surface area contributed by atoms with Gasteiger partial charge in [-0.05, 0) is 43.2 Å². The number of rotatable bonds is 6. The summed E-state index contributed by atoms with van der Waals surface area (Å²) in [7, 11) is 3.06. The molecule has 1 heterocycles. The number of nitrogens with one attached hydrogen (secondary N) is 1. The molecule has 0 saturated heterocycles. The average molecular weight is 370 g/mol. The second-order valence-electron chi connectivity index (χ2n) is 6.15. The number of hydrogen-bond acceptors (Lipinski definition) is 6. The second kappa shape index (κ2) is 7.67. The zero-order chi connectivity index (χ0) is 19.6. The average Bonchev–Trinajstić information content (AvgIpc) is 2.66. The van der Waals surface area contributed by atoms with E-state index in [0.717, 1.165) is 22.4 Å². The Morgan fingerprint density at radius 3 is 2.26 bits per heavy atom. The zero-order valence-electron chi connectivity index (χ0n) is 15.8. The van der Waals surface area contributed by atoms with Crippen LogP contribution in [0.25, 0.3) is 22.3 Å². The maximum absolute atomic E-state index is 12.6. The summed E-state index contributed by atoms with van der Waals surface area (Å²) in [4.78, 5) is 20.0. The summed E-state index contributed by atoms with van der Waals surface area (Å²) >= 11 is 0. The minimum absolute atomic E-state index is 0.0501. The van der Waals surface area contributed by atoms with E-state index in [1.165, 1.54) is 14.2 Å². The van der Waals surface area contributed by atoms with Crippen LogP contribution in [0.5, 0.6) is 17.2 Å². The Kier molecular flexibility index (Phi) is 5.32. The van der Waals surface area contributed by atoms with Crippen molar-refractivity contribution in [2.24, 2.45) is 0 Å². The number of benzene rings is 2. The molecule has 27 heavy (non-hydrogen) atoms. The van der Waals surface area contributed by atoms with E-state index in [4.69, 9.17) is 19.3 Å². The van der Waals surface area contributed by atoms with Crippen molar-refractivity contribution < 1.29 is 19.3 Å². The maximum Gasteiger partial charge on any atom is 0.259 e. The van der Waals surface area contributed by atoms with Gasteiger partial charge in [-0.3, -0.25) is 4.79 Å². The summed E-state index contributed by atoms with van der Waals surface area (Å²) in [6.07, 6.45) is 0. The number of aromatic nitrogens is 2. The van der Waals surface area contributed by atoms with E-state index >= 15 is 0 Å². The Labute approximate surface area is 156 Å². The van der Waals surface area contributed by atoms with E-state index in [9.17, 15) is 4.79 Å². The predicted molar refractivity (Wildman–Crippen MR) is 103 cm³/mol. The minimum Gasteiger partial charge on any atom is -0.493 e. The van der Waals surface area contributed by atoms with Crippen LogP contribution < -0.4 is 19.8 Å². The first-order valence-corrected chi connectivity index (χ1v) is 8.49. The van der Waals surface area contributed by atoms with E-state index in [-0.39, 0.29) is 18.8 Å². The molecule has 1 aromatic heterocycles. The first-order valence-electron chi connectivity index (χ1n) is 8.49. The molecule has 2 N–H and O–H groups in total. The number of methoxy groups -OCH3 is 2. The number of aryl methyl sites for hydroxylation is 2. The first-order chi connectivity index (χ1) is 13.0. The molecule has 0 atom stereocenters. The molecule has 0 aliphatic heterocycles. The number of aliphatic hydroxyl groups is 1. The van der Waals surface area contributed by atoms with Crippen molar-refractivity contribution in [1.82, 2.24) is 9.97 Å². The van der Waals surface area contributed by atoms with Crippen LogP contribution >= 0.6 is 0 Å². The molecule has 2 aromatic carbocycles. The van der Waals surface area contributed by atoms with Gasteiger partial charge in [-0.25, -0.2) is 4.98 Å². The highest BCUT2D eigenvalue weighted by Crippen LogP contribution is 2.32. The van der Waals surface area contributed by atoms with Crippen molar-refractivity contribution in [3.63, 3.8) is 0 Å². The van der Waals surface area contributed by atoms with Crippen molar-refractivity contribution in [3.8, 4) is 28.6 Å². The summed E-state index contributed by atoms with van der Waals surface area (Å²) in [6.45, 7) is 4.01. The van der Waals surface area contributed by atoms with Gasteiger partial charge in [0.25, 0.3) is 5.56 Å². The molecule has 0 aliphatic carbocycles. The Bertz CT molecular complexity index is 1020. The highest BCUT2D eigenvalue weighted by molar-refractivity contribution is 5.83. The molecule has 0 aliphatic rings. The summed E-state index contributed by atoms with van der Waals surface area (Å²) < 4.78 is 16.1. The summed E-state index contributed by atoms with van der Waals surface area (Å²) in [5.74, 6) is 2.17. The van der Waals surface area contributed by atoms with Crippen molar-refractivity contribution in [1.29, 1.82) is 0 Å². The Balaban J connectivity index is 2.13. The van der Waals surface area contributed by atoms with Crippen molar-refractivity contribution in [2.45, 2.75) is 13.8 Å². The van der Waals surface area contributed by atoms with Gasteiger partial charge in [0.15, 0.2) is 11.5 Å². The van der Waals surface area contributed by atoms with Gasteiger partial charge in [0, 0.05) is 11.6 Å². The van der Waals surface area contributed by atoms with Gasteiger partial charge < -0.3 is 24.3 Å². The number of fused-ring (bicyclic) bond motifs is 1. The van der Waals surface area contributed by atoms with Crippen LogP contribution in [0.15, 0.2) is 29.1 Å². The normalized spacial score (nSPS) is 10.9. The second-order valence-corrected chi connectivity index (χ2v) is 6.15. The zero-order valence-corrected chi connectivity index (χ0v) is 15.8. The third kappa shape index (κ3) is 3.59. The lowest BCUT2D eigenvalue weighted by molar-refractivity contribution is 0.200. The Morgan fingerprint density at radius 2 is 1.67 bits per heavy atom. The molecule has 142 valence electrons. The van der Waals surface area contributed by atoms with Crippen LogP contribution in [-0.4, -0.2) is 42.5 Å². The molecule has 0 spiro atoms. The molecule has 7 nitrogen and oxygen atoms in total. The number of aromatic amines is 1. The molecular formula is C20H22N2O5. The van der Waals surface area contributed by atoms with Gasteiger partial charge in [-0.15, -0.1) is 0 Å². The molecule has 0 amide bonds. The smallest absolute Gasteiger partial charge is 0.259 e. The lowest BCUT2D eigenvalue weighted by atomic mass is 10.0.